The first-order valence-corrected chi connectivity index (χ1v) is 12.8. The Balaban J connectivity index is 1.87. The quantitative estimate of drug-likeness (QED) is 0.300. The number of carbonyl (C=O) groups excluding carboxylic acids is 3. The van der Waals surface area contributed by atoms with Crippen molar-refractivity contribution in [3.8, 4) is 5.75 Å². The van der Waals surface area contributed by atoms with Crippen LogP contribution in [0.2, 0.25) is 0 Å². The van der Waals surface area contributed by atoms with Crippen molar-refractivity contribution in [2.24, 2.45) is 0 Å². The molecule has 1 amide bonds. The lowest BCUT2D eigenvalue weighted by Crippen LogP contribution is -2.55. The van der Waals surface area contributed by atoms with Crippen molar-refractivity contribution in [3.05, 3.63) is 59.9 Å². The second-order valence-corrected chi connectivity index (χ2v) is 10.3. The van der Waals surface area contributed by atoms with E-state index in [1.807, 2.05) is 0 Å². The number of hydrogen-bond donors (Lipinski definition) is 1. The molecule has 0 aromatic heterocycles. The number of nitrogens with zero attached hydrogens (tertiary/aromatic N) is 1. The van der Waals surface area contributed by atoms with Gasteiger partial charge in [0.1, 0.15) is 23.7 Å². The molecular formula is C24H24F4N2O7S. The fourth-order valence-corrected chi connectivity index (χ4v) is 5.58. The number of rotatable bonds is 8. The van der Waals surface area contributed by atoms with Crippen LogP contribution in [0, 0.1) is 5.82 Å². The van der Waals surface area contributed by atoms with Crippen LogP contribution in [0.5, 0.6) is 5.75 Å². The molecule has 1 heterocycles. The minimum Gasteiger partial charge on any atom is -0.497 e. The maximum absolute atomic E-state index is 13.7. The van der Waals surface area contributed by atoms with Crippen LogP contribution in [-0.2, 0) is 35.6 Å². The Bertz CT molecular complexity index is 1280. The first-order valence-electron chi connectivity index (χ1n) is 11.4. The molecule has 38 heavy (non-hydrogen) atoms. The van der Waals surface area contributed by atoms with E-state index in [0.29, 0.717) is 24.2 Å². The summed E-state index contributed by atoms with van der Waals surface area (Å²) in [6.07, 6.45) is -4.96. The molecule has 0 saturated carbocycles. The summed E-state index contributed by atoms with van der Waals surface area (Å²) in [5.74, 6) is -5.78. The van der Waals surface area contributed by atoms with Crippen LogP contribution in [0.3, 0.4) is 0 Å². The van der Waals surface area contributed by atoms with Gasteiger partial charge in [0.05, 0.1) is 12.0 Å². The number of hydrogen-bond acceptors (Lipinski definition) is 7. The van der Waals surface area contributed by atoms with Crippen molar-refractivity contribution in [2.45, 2.75) is 48.8 Å². The number of esters is 2. The van der Waals surface area contributed by atoms with E-state index in [9.17, 15) is 40.4 Å². The van der Waals surface area contributed by atoms with E-state index in [1.54, 1.807) is 0 Å². The number of carbonyl (C=O) groups is 3. The van der Waals surface area contributed by atoms with Crippen molar-refractivity contribution in [3.63, 3.8) is 0 Å². The fourth-order valence-electron chi connectivity index (χ4n) is 3.90. The van der Waals surface area contributed by atoms with Crippen LogP contribution in [-0.4, -0.2) is 62.5 Å². The van der Waals surface area contributed by atoms with Gasteiger partial charge in [-0.15, -0.1) is 0 Å². The number of alkyl halides is 3. The second-order valence-electron chi connectivity index (χ2n) is 8.40. The molecule has 0 unspecified atom stereocenters. The lowest BCUT2D eigenvalue weighted by Gasteiger charge is -2.34. The molecule has 9 nitrogen and oxygen atoms in total. The minimum absolute atomic E-state index is 0.0339. The minimum atomic E-state index is -5.45. The Hall–Kier alpha value is -3.52. The van der Waals surface area contributed by atoms with Crippen molar-refractivity contribution in [2.75, 3.05) is 13.7 Å². The van der Waals surface area contributed by atoms with Crippen LogP contribution in [0.4, 0.5) is 17.6 Å². The number of amides is 1. The third-order valence-corrected chi connectivity index (χ3v) is 7.69. The van der Waals surface area contributed by atoms with Crippen LogP contribution < -0.4 is 10.1 Å². The highest BCUT2D eigenvalue weighted by atomic mass is 32.2. The van der Waals surface area contributed by atoms with Gasteiger partial charge in [0.25, 0.3) is 0 Å². The lowest BCUT2D eigenvalue weighted by molar-refractivity contribution is -0.202. The fraction of sp³-hybridized carbons (Fsp3) is 0.375. The molecule has 3 rings (SSSR count). The van der Waals surface area contributed by atoms with Crippen molar-refractivity contribution >= 4 is 27.9 Å². The first kappa shape index (κ1) is 29.0. The molecule has 1 aliphatic rings. The molecule has 14 heteroatoms. The summed E-state index contributed by atoms with van der Waals surface area (Å²) in [7, 11) is -2.93. The third kappa shape index (κ3) is 7.07. The summed E-state index contributed by atoms with van der Waals surface area (Å²) in [6, 6.07) is 7.08. The molecule has 2 aromatic carbocycles. The molecule has 0 bridgehead atoms. The van der Waals surface area contributed by atoms with E-state index in [2.05, 4.69) is 10.1 Å². The van der Waals surface area contributed by atoms with Gasteiger partial charge in [0.2, 0.25) is 15.9 Å². The number of piperidine rings is 1. The molecule has 1 N–H and O–H groups in total. The van der Waals surface area contributed by atoms with Gasteiger partial charge < -0.3 is 14.8 Å². The molecule has 0 radical (unpaired) electrons. The van der Waals surface area contributed by atoms with E-state index in [0.717, 1.165) is 22.5 Å². The summed E-state index contributed by atoms with van der Waals surface area (Å²) in [5.41, 5.74) is 0.375. The van der Waals surface area contributed by atoms with E-state index in [4.69, 9.17) is 4.74 Å². The summed E-state index contributed by atoms with van der Waals surface area (Å²) in [6.45, 7) is -0.0862. The van der Waals surface area contributed by atoms with Gasteiger partial charge in [-0.25, -0.2) is 22.4 Å². The average molecular weight is 561 g/mol. The van der Waals surface area contributed by atoms with Gasteiger partial charge in [0.15, 0.2) is 0 Å². The van der Waals surface area contributed by atoms with E-state index >= 15 is 0 Å². The second kappa shape index (κ2) is 11.9. The van der Waals surface area contributed by atoms with Gasteiger partial charge in [-0.3, -0.25) is 4.79 Å². The van der Waals surface area contributed by atoms with Crippen LogP contribution >= 0.6 is 0 Å². The highest BCUT2D eigenvalue weighted by molar-refractivity contribution is 7.89. The van der Waals surface area contributed by atoms with E-state index in [1.165, 1.54) is 37.4 Å². The summed E-state index contributed by atoms with van der Waals surface area (Å²) in [5, 5.41) is 2.24. The first-order chi connectivity index (χ1) is 17.8. The number of nitrogens with one attached hydrogen (secondary N) is 1. The number of benzene rings is 2. The maximum atomic E-state index is 13.7. The largest absolute Gasteiger partial charge is 0.497 e. The zero-order valence-corrected chi connectivity index (χ0v) is 20.9. The van der Waals surface area contributed by atoms with Crippen molar-refractivity contribution in [1.82, 2.24) is 9.62 Å². The highest BCUT2D eigenvalue weighted by Gasteiger charge is 2.44. The number of methoxy groups -OCH3 is 1. The molecule has 1 aliphatic heterocycles. The van der Waals surface area contributed by atoms with Gasteiger partial charge >= 0.3 is 18.1 Å². The lowest BCUT2D eigenvalue weighted by atomic mass is 10.0. The molecule has 0 spiro atoms. The average Bonchev–Trinajstić information content (AvgIpc) is 2.88. The summed E-state index contributed by atoms with van der Waals surface area (Å²) < 4.78 is 87.9. The Morgan fingerprint density at radius 1 is 1.11 bits per heavy atom. The Morgan fingerprint density at radius 3 is 2.39 bits per heavy atom. The Kier molecular flexibility index (Phi) is 9.09. The molecule has 1 fully saturated rings. The smallest absolute Gasteiger partial charge is 0.491 e. The molecule has 0 aliphatic carbocycles. The van der Waals surface area contributed by atoms with Gasteiger partial charge in [-0.2, -0.15) is 17.5 Å². The summed E-state index contributed by atoms with van der Waals surface area (Å²) >= 11 is 0. The van der Waals surface area contributed by atoms with Crippen LogP contribution in [0.25, 0.3) is 0 Å². The normalized spacial score (nSPS) is 17.3. The standard InChI is InChI=1S/C24H24F4N2O7S/c1-36-17-10-8-15(9-11-17)13-19(22(32)37-23(33)24(26,27)28)29-21(31)20-7-2-3-12-30(20)38(34,35)18-6-4-5-16(25)14-18/h4-6,8-11,14,19-20H,2-3,7,12-13H2,1H3,(H,29,31)/t19-,20-/m0/s1. The predicted octanol–water partition coefficient (Wildman–Crippen LogP) is 2.74. The van der Waals surface area contributed by atoms with Crippen molar-refractivity contribution < 1.29 is 49.8 Å². The van der Waals surface area contributed by atoms with Gasteiger partial charge in [-0.05, 0) is 48.7 Å². The maximum Gasteiger partial charge on any atom is 0.491 e. The Labute approximate surface area is 215 Å². The number of ether oxygens (including phenoxy) is 2. The topological polar surface area (TPSA) is 119 Å². The SMILES string of the molecule is COc1ccc(C[C@H](NC(=O)[C@@H]2CCCCN2S(=O)(=O)c2cccc(F)c2)C(=O)OC(=O)C(F)(F)F)cc1. The number of sulfonamides is 1. The van der Waals surface area contributed by atoms with Crippen molar-refractivity contribution in [1.29, 1.82) is 0 Å². The van der Waals surface area contributed by atoms with Crippen LogP contribution in [0.15, 0.2) is 53.4 Å². The van der Waals surface area contributed by atoms with E-state index < -0.39 is 51.9 Å². The van der Waals surface area contributed by atoms with Gasteiger partial charge in [-0.1, -0.05) is 24.6 Å². The predicted molar refractivity (Wildman–Crippen MR) is 124 cm³/mol. The highest BCUT2D eigenvalue weighted by Crippen LogP contribution is 2.26. The van der Waals surface area contributed by atoms with Crippen LogP contribution in [0.1, 0.15) is 24.8 Å². The molecule has 206 valence electrons. The third-order valence-electron chi connectivity index (χ3n) is 5.78. The molecular weight excluding hydrogens is 536 g/mol. The number of halogens is 4. The molecule has 1 saturated heterocycles. The zero-order valence-electron chi connectivity index (χ0n) is 20.0. The molecule has 2 aromatic rings. The van der Waals surface area contributed by atoms with Gasteiger partial charge in [0, 0.05) is 13.0 Å². The Morgan fingerprint density at radius 2 is 1.79 bits per heavy atom. The monoisotopic (exact) mass is 560 g/mol. The van der Waals surface area contributed by atoms with E-state index in [-0.39, 0.29) is 24.3 Å². The summed E-state index contributed by atoms with van der Waals surface area (Å²) in [4.78, 5) is 36.6. The zero-order chi connectivity index (χ0) is 28.1. The molecule has 2 atom stereocenters.